The molecule has 140 valence electrons. The molecule has 1 aromatic carbocycles. The lowest BCUT2D eigenvalue weighted by Gasteiger charge is -2.54. The van der Waals surface area contributed by atoms with Crippen molar-refractivity contribution in [2.45, 2.75) is 70.0 Å². The lowest BCUT2D eigenvalue weighted by molar-refractivity contribution is -0.142. The van der Waals surface area contributed by atoms with E-state index in [1.807, 2.05) is 12.1 Å². The van der Waals surface area contributed by atoms with Crippen molar-refractivity contribution in [1.82, 2.24) is 0 Å². The van der Waals surface area contributed by atoms with Crippen molar-refractivity contribution in [2.24, 2.45) is 23.2 Å². The Morgan fingerprint density at radius 3 is 2.92 bits per heavy atom. The Bertz CT molecular complexity index is 773. The average Bonchev–Trinajstić information content (AvgIpc) is 3.01. The number of esters is 1. The lowest BCUT2D eigenvalue weighted by atomic mass is 9.50. The molecule has 0 amide bonds. The number of carbonyl (C=O) groups is 1. The summed E-state index contributed by atoms with van der Waals surface area (Å²) in [5.41, 5.74) is 1.45. The van der Waals surface area contributed by atoms with Crippen LogP contribution in [0.5, 0.6) is 5.75 Å². The number of ether oxygens (including phenoxy) is 1. The summed E-state index contributed by atoms with van der Waals surface area (Å²) < 4.78 is 5.56. The highest BCUT2D eigenvalue weighted by Crippen LogP contribution is 2.67. The van der Waals surface area contributed by atoms with Crippen molar-refractivity contribution in [2.75, 3.05) is 0 Å². The molecule has 1 unspecified atom stereocenters. The highest BCUT2D eigenvalue weighted by atomic mass is 16.6. The fourth-order valence-corrected chi connectivity index (χ4v) is 7.15. The van der Waals surface area contributed by atoms with E-state index in [1.54, 1.807) is 0 Å². The van der Waals surface area contributed by atoms with Gasteiger partial charge in [-0.2, -0.15) is 0 Å². The van der Waals surface area contributed by atoms with Crippen LogP contribution in [0.25, 0.3) is 0 Å². The van der Waals surface area contributed by atoms with Gasteiger partial charge in [0.05, 0.1) is 6.42 Å². The van der Waals surface area contributed by atoms with Gasteiger partial charge in [-0.3, -0.25) is 4.79 Å². The summed E-state index contributed by atoms with van der Waals surface area (Å²) in [6, 6.07) is 5.87. The zero-order chi connectivity index (χ0) is 18.3. The average molecular weight is 356 g/mol. The summed E-state index contributed by atoms with van der Waals surface area (Å²) in [6.07, 6.45) is 4.69. The van der Waals surface area contributed by atoms with E-state index in [0.29, 0.717) is 29.4 Å². The van der Waals surface area contributed by atoms with Crippen LogP contribution in [-0.4, -0.2) is 27.9 Å². The van der Waals surface area contributed by atoms with Crippen molar-refractivity contribution in [3.63, 3.8) is 0 Å². The Balaban J connectivity index is 1.58. The van der Waals surface area contributed by atoms with E-state index < -0.39 is 5.60 Å². The minimum absolute atomic E-state index is 0.156. The van der Waals surface area contributed by atoms with Gasteiger partial charge < -0.3 is 14.9 Å². The summed E-state index contributed by atoms with van der Waals surface area (Å²) in [4.78, 5) is 11.9. The number of phenolic OH excluding ortho intramolecular Hbond substituents is 1. The predicted octanol–water partition coefficient (Wildman–Crippen LogP) is 3.54. The first kappa shape index (κ1) is 16.6. The predicted molar refractivity (Wildman–Crippen MR) is 96.7 cm³/mol. The SMILES string of the molecule is CC[C@@H]1Cc2cc(O)ccc2[C@H]2CC[C@@]3(C)[C@@H](CC4OC(=O)C[C@@]43O)[C@H]12. The molecule has 5 rings (SSSR count). The van der Waals surface area contributed by atoms with Gasteiger partial charge in [0.25, 0.3) is 0 Å². The first-order valence-corrected chi connectivity index (χ1v) is 10.1. The van der Waals surface area contributed by atoms with Crippen molar-refractivity contribution >= 4 is 5.97 Å². The largest absolute Gasteiger partial charge is 0.508 e. The molecule has 26 heavy (non-hydrogen) atoms. The molecule has 0 radical (unpaired) electrons. The van der Waals surface area contributed by atoms with Crippen LogP contribution in [0.3, 0.4) is 0 Å². The molecule has 2 saturated carbocycles. The number of benzene rings is 1. The number of aromatic hydroxyl groups is 1. The molecule has 1 saturated heterocycles. The maximum Gasteiger partial charge on any atom is 0.309 e. The van der Waals surface area contributed by atoms with Crippen LogP contribution >= 0.6 is 0 Å². The fourth-order valence-electron chi connectivity index (χ4n) is 7.15. The van der Waals surface area contributed by atoms with E-state index in [1.165, 1.54) is 11.1 Å². The highest BCUT2D eigenvalue weighted by molar-refractivity contribution is 5.74. The molecule has 1 aliphatic heterocycles. The molecule has 0 aromatic heterocycles. The normalized spacial score (nSPS) is 46.1. The monoisotopic (exact) mass is 356 g/mol. The molecule has 2 N–H and O–H groups in total. The van der Waals surface area contributed by atoms with Gasteiger partial charge in [0, 0.05) is 5.41 Å². The van der Waals surface area contributed by atoms with Gasteiger partial charge in [-0.15, -0.1) is 0 Å². The van der Waals surface area contributed by atoms with Crippen LogP contribution in [-0.2, 0) is 16.0 Å². The third-order valence-electron chi connectivity index (χ3n) is 8.48. The second-order valence-corrected chi connectivity index (χ2v) is 9.32. The number of hydrogen-bond donors (Lipinski definition) is 2. The maximum absolute atomic E-state index is 11.9. The molecular formula is C22H28O4. The van der Waals surface area contributed by atoms with Gasteiger partial charge in [0.15, 0.2) is 0 Å². The third kappa shape index (κ3) is 1.91. The van der Waals surface area contributed by atoms with E-state index in [4.69, 9.17) is 4.74 Å². The van der Waals surface area contributed by atoms with Crippen LogP contribution in [0.15, 0.2) is 18.2 Å². The van der Waals surface area contributed by atoms with Crippen molar-refractivity contribution < 1.29 is 19.7 Å². The van der Waals surface area contributed by atoms with Gasteiger partial charge in [-0.1, -0.05) is 26.3 Å². The van der Waals surface area contributed by atoms with Crippen molar-refractivity contribution in [1.29, 1.82) is 0 Å². The Labute approximate surface area is 154 Å². The van der Waals surface area contributed by atoms with Gasteiger partial charge in [0.1, 0.15) is 17.5 Å². The molecule has 4 heteroatoms. The van der Waals surface area contributed by atoms with Crippen LogP contribution in [0, 0.1) is 23.2 Å². The van der Waals surface area contributed by atoms with E-state index in [2.05, 4.69) is 19.9 Å². The minimum Gasteiger partial charge on any atom is -0.508 e. The Hall–Kier alpha value is -1.55. The third-order valence-corrected chi connectivity index (χ3v) is 8.48. The number of aliphatic hydroxyl groups is 1. The summed E-state index contributed by atoms with van der Waals surface area (Å²) in [6.45, 7) is 4.46. The molecule has 0 spiro atoms. The summed E-state index contributed by atoms with van der Waals surface area (Å²) >= 11 is 0. The van der Waals surface area contributed by atoms with Crippen LogP contribution in [0.2, 0.25) is 0 Å². The molecule has 3 fully saturated rings. The van der Waals surface area contributed by atoms with Crippen LogP contribution < -0.4 is 0 Å². The second kappa shape index (κ2) is 5.25. The van der Waals surface area contributed by atoms with E-state index in [0.717, 1.165) is 32.1 Å². The number of hydrogen-bond acceptors (Lipinski definition) is 4. The topological polar surface area (TPSA) is 66.8 Å². The van der Waals surface area contributed by atoms with Gasteiger partial charge in [-0.05, 0) is 72.6 Å². The van der Waals surface area contributed by atoms with Gasteiger partial charge in [-0.25, -0.2) is 0 Å². The molecular weight excluding hydrogens is 328 g/mol. The standard InChI is InChI=1S/C22H28O4/c1-3-12-8-13-9-14(23)4-5-15(13)16-6-7-21(2)17(20(12)16)10-18-22(21,25)11-19(24)26-18/h4-5,9,12,16-18,20,23,25H,3,6-8,10-11H2,1-2H3/t12-,16-,17+,18?,20-,21+,22-/m1/s1. The molecule has 3 aliphatic carbocycles. The van der Waals surface area contributed by atoms with Crippen LogP contribution in [0.1, 0.15) is 63.0 Å². The summed E-state index contributed by atoms with van der Waals surface area (Å²) in [7, 11) is 0. The van der Waals surface area contributed by atoms with Gasteiger partial charge >= 0.3 is 5.97 Å². The number of fused-ring (bicyclic) bond motifs is 7. The molecule has 4 nitrogen and oxygen atoms in total. The van der Waals surface area contributed by atoms with E-state index in [9.17, 15) is 15.0 Å². The minimum atomic E-state index is -0.993. The number of phenols is 1. The van der Waals surface area contributed by atoms with E-state index >= 15 is 0 Å². The quantitative estimate of drug-likeness (QED) is 0.755. The zero-order valence-electron chi connectivity index (χ0n) is 15.6. The smallest absolute Gasteiger partial charge is 0.309 e. The van der Waals surface area contributed by atoms with E-state index in [-0.39, 0.29) is 23.9 Å². The number of rotatable bonds is 1. The zero-order valence-corrected chi connectivity index (χ0v) is 15.6. The Morgan fingerprint density at radius 2 is 2.15 bits per heavy atom. The first-order chi connectivity index (χ1) is 12.4. The Morgan fingerprint density at radius 1 is 1.35 bits per heavy atom. The second-order valence-electron chi connectivity index (χ2n) is 9.32. The molecule has 7 atom stereocenters. The molecule has 1 aromatic rings. The van der Waals surface area contributed by atoms with Crippen LogP contribution in [0.4, 0.5) is 0 Å². The molecule has 1 heterocycles. The Kier molecular flexibility index (Phi) is 3.35. The molecule has 4 aliphatic rings. The lowest BCUT2D eigenvalue weighted by Crippen LogP contribution is -2.53. The van der Waals surface area contributed by atoms with Crippen molar-refractivity contribution in [3.8, 4) is 5.75 Å². The summed E-state index contributed by atoms with van der Waals surface area (Å²) in [5.74, 6) is 2.06. The first-order valence-electron chi connectivity index (χ1n) is 10.1. The molecule has 0 bridgehead atoms. The maximum atomic E-state index is 11.9. The summed E-state index contributed by atoms with van der Waals surface area (Å²) in [5, 5.41) is 21.4. The van der Waals surface area contributed by atoms with Gasteiger partial charge in [0.2, 0.25) is 0 Å². The highest BCUT2D eigenvalue weighted by Gasteiger charge is 2.70. The fraction of sp³-hybridized carbons (Fsp3) is 0.682. The van der Waals surface area contributed by atoms with Crippen molar-refractivity contribution in [3.05, 3.63) is 29.3 Å². The number of carbonyl (C=O) groups excluding carboxylic acids is 1.